The Morgan fingerprint density at radius 2 is 1.58 bits per heavy atom. The Hall–Kier alpha value is -2.69. The van der Waals surface area contributed by atoms with Crippen molar-refractivity contribution in [2.75, 3.05) is 31.1 Å². The number of anilines is 1. The predicted molar refractivity (Wildman–Crippen MR) is 100 cm³/mol. The zero-order chi connectivity index (χ0) is 18.7. The molecule has 136 valence electrons. The number of hydrogen-bond acceptors (Lipinski definition) is 3. The van der Waals surface area contributed by atoms with Crippen LogP contribution in [0.15, 0.2) is 42.5 Å². The van der Waals surface area contributed by atoms with Gasteiger partial charge in [0.25, 0.3) is 5.91 Å². The van der Waals surface area contributed by atoms with Crippen LogP contribution >= 0.6 is 0 Å². The molecule has 1 aliphatic heterocycles. The molecular weight excluding hydrogens is 331 g/mol. The summed E-state index contributed by atoms with van der Waals surface area (Å²) < 4.78 is 14.3. The first-order valence-corrected chi connectivity index (χ1v) is 8.93. The Balaban J connectivity index is 1.65. The smallest absolute Gasteiger partial charge is 0.253 e. The summed E-state index contributed by atoms with van der Waals surface area (Å²) in [6.45, 7) is 5.72. The van der Waals surface area contributed by atoms with Crippen molar-refractivity contribution in [3.63, 3.8) is 0 Å². The summed E-state index contributed by atoms with van der Waals surface area (Å²) in [6.07, 6.45) is 0.946. The average Bonchev–Trinajstić information content (AvgIpc) is 2.67. The quantitative estimate of drug-likeness (QED) is 0.789. The normalized spacial score (nSPS) is 14.4. The molecular formula is C21H23FN2O2. The standard InChI is InChI=1S/C21H23FN2O2/c1-3-16-4-6-17(7-5-16)21(26)24-12-10-23(11-13-24)20-9-8-18(15(2)25)14-19(20)22/h4-9,14H,3,10-13H2,1-2H3. The second-order valence-corrected chi connectivity index (χ2v) is 6.55. The van der Waals surface area contributed by atoms with Crippen LogP contribution in [-0.2, 0) is 6.42 Å². The van der Waals surface area contributed by atoms with E-state index in [1.807, 2.05) is 29.2 Å². The van der Waals surface area contributed by atoms with Crippen molar-refractivity contribution in [2.45, 2.75) is 20.3 Å². The number of hydrogen-bond donors (Lipinski definition) is 0. The monoisotopic (exact) mass is 354 g/mol. The molecule has 2 aromatic rings. The van der Waals surface area contributed by atoms with Gasteiger partial charge in [0.2, 0.25) is 0 Å². The summed E-state index contributed by atoms with van der Waals surface area (Å²) in [4.78, 5) is 27.7. The lowest BCUT2D eigenvalue weighted by molar-refractivity contribution is 0.0746. The van der Waals surface area contributed by atoms with Crippen molar-refractivity contribution in [1.29, 1.82) is 0 Å². The highest BCUT2D eigenvalue weighted by Crippen LogP contribution is 2.23. The Kier molecular flexibility index (Phi) is 5.35. The van der Waals surface area contributed by atoms with E-state index >= 15 is 0 Å². The van der Waals surface area contributed by atoms with Crippen molar-refractivity contribution in [1.82, 2.24) is 4.90 Å². The molecule has 0 aliphatic carbocycles. The van der Waals surface area contributed by atoms with E-state index in [0.717, 1.165) is 6.42 Å². The van der Waals surface area contributed by atoms with E-state index < -0.39 is 5.82 Å². The maximum atomic E-state index is 14.3. The molecule has 1 saturated heterocycles. The minimum absolute atomic E-state index is 0.0136. The molecule has 1 aliphatic rings. The zero-order valence-electron chi connectivity index (χ0n) is 15.2. The molecule has 1 amide bonds. The van der Waals surface area contributed by atoms with Crippen molar-refractivity contribution in [3.05, 3.63) is 65.0 Å². The molecule has 0 unspecified atom stereocenters. The Labute approximate surface area is 153 Å². The fourth-order valence-electron chi connectivity index (χ4n) is 3.20. The van der Waals surface area contributed by atoms with Gasteiger partial charge in [-0.3, -0.25) is 9.59 Å². The average molecular weight is 354 g/mol. The van der Waals surface area contributed by atoms with Crippen molar-refractivity contribution in [3.8, 4) is 0 Å². The van der Waals surface area contributed by atoms with Crippen molar-refractivity contribution >= 4 is 17.4 Å². The van der Waals surface area contributed by atoms with Gasteiger partial charge in [0.15, 0.2) is 5.78 Å². The molecule has 0 atom stereocenters. The molecule has 2 aromatic carbocycles. The van der Waals surface area contributed by atoms with Gasteiger partial charge in [-0.2, -0.15) is 0 Å². The highest BCUT2D eigenvalue weighted by molar-refractivity contribution is 5.95. The number of Topliss-reactive ketones (excluding diaryl/α,β-unsaturated/α-hetero) is 1. The van der Waals surface area contributed by atoms with Gasteiger partial charge in [0.05, 0.1) is 5.69 Å². The van der Waals surface area contributed by atoms with Crippen LogP contribution in [0.25, 0.3) is 0 Å². The van der Waals surface area contributed by atoms with E-state index in [4.69, 9.17) is 0 Å². The van der Waals surface area contributed by atoms with Gasteiger partial charge in [-0.1, -0.05) is 19.1 Å². The van der Waals surface area contributed by atoms with Crippen molar-refractivity contribution in [2.24, 2.45) is 0 Å². The Bertz CT molecular complexity index is 809. The second-order valence-electron chi connectivity index (χ2n) is 6.55. The molecule has 0 N–H and O–H groups in total. The van der Waals surface area contributed by atoms with Crippen LogP contribution in [0.3, 0.4) is 0 Å². The molecule has 4 nitrogen and oxygen atoms in total. The number of rotatable bonds is 4. The number of amides is 1. The highest BCUT2D eigenvalue weighted by atomic mass is 19.1. The van der Waals surface area contributed by atoms with Gasteiger partial charge >= 0.3 is 0 Å². The lowest BCUT2D eigenvalue weighted by Crippen LogP contribution is -2.49. The first kappa shape index (κ1) is 18.1. The molecule has 5 heteroatoms. The van der Waals surface area contributed by atoms with E-state index in [1.165, 1.54) is 18.6 Å². The van der Waals surface area contributed by atoms with Gasteiger partial charge < -0.3 is 9.80 Å². The van der Waals surface area contributed by atoms with Crippen LogP contribution in [0.1, 0.15) is 40.1 Å². The maximum absolute atomic E-state index is 14.3. The van der Waals surface area contributed by atoms with Gasteiger partial charge in [-0.25, -0.2) is 4.39 Å². The third-order valence-electron chi connectivity index (χ3n) is 4.87. The van der Waals surface area contributed by atoms with Crippen LogP contribution in [0.5, 0.6) is 0 Å². The predicted octanol–water partition coefficient (Wildman–Crippen LogP) is 3.55. The zero-order valence-corrected chi connectivity index (χ0v) is 15.2. The molecule has 1 fully saturated rings. The largest absolute Gasteiger partial charge is 0.366 e. The minimum Gasteiger partial charge on any atom is -0.366 e. The molecule has 0 aromatic heterocycles. The van der Waals surface area contributed by atoms with Crippen LogP contribution in [0.4, 0.5) is 10.1 Å². The topological polar surface area (TPSA) is 40.6 Å². The number of piperazine rings is 1. The molecule has 1 heterocycles. The number of aryl methyl sites for hydroxylation is 1. The summed E-state index contributed by atoms with van der Waals surface area (Å²) in [6, 6.07) is 12.3. The lowest BCUT2D eigenvalue weighted by Gasteiger charge is -2.36. The second kappa shape index (κ2) is 7.68. The van der Waals surface area contributed by atoms with E-state index in [0.29, 0.717) is 43.0 Å². The Morgan fingerprint density at radius 3 is 2.12 bits per heavy atom. The van der Waals surface area contributed by atoms with Crippen LogP contribution < -0.4 is 4.90 Å². The van der Waals surface area contributed by atoms with Gasteiger partial charge in [-0.05, 0) is 49.2 Å². The summed E-state index contributed by atoms with van der Waals surface area (Å²) in [7, 11) is 0. The van der Waals surface area contributed by atoms with Crippen LogP contribution in [0, 0.1) is 5.82 Å². The van der Waals surface area contributed by atoms with Crippen LogP contribution in [0.2, 0.25) is 0 Å². The summed E-state index contributed by atoms with van der Waals surface area (Å²) >= 11 is 0. The number of carbonyl (C=O) groups is 2. The van der Waals surface area contributed by atoms with Gasteiger partial charge in [0.1, 0.15) is 5.82 Å². The number of nitrogens with zero attached hydrogens (tertiary/aromatic N) is 2. The summed E-state index contributed by atoms with van der Waals surface area (Å²) in [5.74, 6) is -0.535. The number of halogens is 1. The molecule has 0 bridgehead atoms. The first-order chi connectivity index (χ1) is 12.5. The maximum Gasteiger partial charge on any atom is 0.253 e. The summed E-state index contributed by atoms with van der Waals surface area (Å²) in [5.41, 5.74) is 2.74. The molecule has 0 radical (unpaired) electrons. The fourth-order valence-corrected chi connectivity index (χ4v) is 3.20. The molecule has 26 heavy (non-hydrogen) atoms. The summed E-state index contributed by atoms with van der Waals surface area (Å²) in [5, 5.41) is 0. The first-order valence-electron chi connectivity index (χ1n) is 8.93. The number of carbonyl (C=O) groups excluding carboxylic acids is 2. The van der Waals surface area contributed by atoms with Crippen LogP contribution in [-0.4, -0.2) is 42.8 Å². The fraction of sp³-hybridized carbons (Fsp3) is 0.333. The minimum atomic E-state index is -0.396. The molecule has 0 saturated carbocycles. The Morgan fingerprint density at radius 1 is 0.962 bits per heavy atom. The van der Waals surface area contributed by atoms with E-state index in [1.54, 1.807) is 17.0 Å². The van der Waals surface area contributed by atoms with Gasteiger partial charge in [-0.15, -0.1) is 0 Å². The lowest BCUT2D eigenvalue weighted by atomic mass is 10.1. The number of ketones is 1. The third kappa shape index (κ3) is 3.77. The third-order valence-corrected chi connectivity index (χ3v) is 4.87. The molecule has 3 rings (SSSR count). The van der Waals surface area contributed by atoms with E-state index in [-0.39, 0.29) is 11.7 Å². The highest BCUT2D eigenvalue weighted by Gasteiger charge is 2.24. The van der Waals surface area contributed by atoms with E-state index in [9.17, 15) is 14.0 Å². The van der Waals surface area contributed by atoms with E-state index in [2.05, 4.69) is 6.92 Å². The van der Waals surface area contributed by atoms with Crippen molar-refractivity contribution < 1.29 is 14.0 Å². The van der Waals surface area contributed by atoms with Gasteiger partial charge in [0, 0.05) is 37.3 Å². The molecule has 0 spiro atoms. The SMILES string of the molecule is CCc1ccc(C(=O)N2CCN(c3ccc(C(C)=O)cc3F)CC2)cc1. The number of benzene rings is 2.